The average Bonchev–Trinajstić information content (AvgIpc) is 3.05. The molecule has 0 radical (unpaired) electrons. The van der Waals surface area contributed by atoms with Gasteiger partial charge >= 0.3 is 11.9 Å². The quantitative estimate of drug-likeness (QED) is 0.0826. The summed E-state index contributed by atoms with van der Waals surface area (Å²) in [5.74, 6) is -1.22. The normalized spacial score (nSPS) is 19.0. The second-order valence-electron chi connectivity index (χ2n) is 13.1. The summed E-state index contributed by atoms with van der Waals surface area (Å²) in [6.45, 7) is 0. The van der Waals surface area contributed by atoms with Gasteiger partial charge in [-0.3, -0.25) is 10.6 Å². The summed E-state index contributed by atoms with van der Waals surface area (Å²) in [6.07, 6.45) is 12.5. The molecule has 2 aliphatic carbocycles. The van der Waals surface area contributed by atoms with Gasteiger partial charge in [0.25, 0.3) is 0 Å². The summed E-state index contributed by atoms with van der Waals surface area (Å²) in [4.78, 5) is 25.1. The highest BCUT2D eigenvalue weighted by atomic mass is 35.5. The van der Waals surface area contributed by atoms with Crippen molar-refractivity contribution in [1.29, 1.82) is 0 Å². The average molecular weight is 704 g/mol. The molecule has 0 bridgehead atoms. The van der Waals surface area contributed by atoms with Gasteiger partial charge in [0.2, 0.25) is 0 Å². The molecule has 10 heteroatoms. The van der Waals surface area contributed by atoms with Crippen LogP contribution in [0.5, 0.6) is 0 Å². The summed E-state index contributed by atoms with van der Waals surface area (Å²) in [5, 5.41) is 7.56. The van der Waals surface area contributed by atoms with Crippen molar-refractivity contribution in [3.8, 4) is 0 Å². The molecule has 2 saturated carbocycles. The lowest BCUT2D eigenvalue weighted by Gasteiger charge is -2.48. The Morgan fingerprint density at radius 2 is 1.02 bits per heavy atom. The third-order valence-corrected chi connectivity index (χ3v) is 11.0. The SMILES string of the molecule is CNC(CCCC(OC)C1(c2ccc(Cl)cc2)CCC1)OC(=O)/C=C\C(=O)OC(CCCC(OC)C1(c2ccc(Cl)cc2)CCC1)NC. The number of nitrogens with one attached hydrogen (secondary N) is 2. The Hall–Kier alpha value is -2.46. The van der Waals surface area contributed by atoms with E-state index in [0.717, 1.165) is 73.6 Å². The number of ether oxygens (including phenoxy) is 4. The Bertz CT molecular complexity index is 1230. The van der Waals surface area contributed by atoms with Crippen LogP contribution in [0.2, 0.25) is 10.0 Å². The van der Waals surface area contributed by atoms with E-state index in [1.165, 1.54) is 24.0 Å². The molecule has 4 atom stereocenters. The van der Waals surface area contributed by atoms with Crippen molar-refractivity contribution < 1.29 is 28.5 Å². The van der Waals surface area contributed by atoms with Gasteiger partial charge in [-0.05, 0) is 114 Å². The summed E-state index contributed by atoms with van der Waals surface area (Å²) in [7, 11) is 7.03. The van der Waals surface area contributed by atoms with E-state index >= 15 is 0 Å². The van der Waals surface area contributed by atoms with E-state index in [2.05, 4.69) is 34.9 Å². The first-order valence-electron chi connectivity index (χ1n) is 17.2. The number of carbonyl (C=O) groups excluding carboxylic acids is 2. The van der Waals surface area contributed by atoms with Crippen LogP contribution < -0.4 is 10.6 Å². The highest BCUT2D eigenvalue weighted by Gasteiger charge is 2.46. The summed E-state index contributed by atoms with van der Waals surface area (Å²) < 4.78 is 23.1. The van der Waals surface area contributed by atoms with Crippen molar-refractivity contribution >= 4 is 35.1 Å². The Kier molecular flexibility index (Phi) is 14.8. The smallest absolute Gasteiger partial charge is 0.332 e. The molecule has 2 N–H and O–H groups in total. The third kappa shape index (κ3) is 9.61. The monoisotopic (exact) mass is 702 g/mol. The van der Waals surface area contributed by atoms with Gasteiger partial charge in [-0.2, -0.15) is 0 Å². The Labute approximate surface area is 296 Å². The van der Waals surface area contributed by atoms with Gasteiger partial charge in [-0.1, -0.05) is 60.3 Å². The van der Waals surface area contributed by atoms with E-state index in [1.54, 1.807) is 28.3 Å². The van der Waals surface area contributed by atoms with Crippen LogP contribution in [-0.2, 0) is 39.4 Å². The standard InChI is InChI=1S/C38H52Cl2N2O6/c1-41-33(11-5-9-31(45-3)37(23-7-24-37)27-13-17-29(39)18-14-27)47-35(43)21-22-36(44)48-34(42-2)12-6-10-32(46-4)38(25-8-26-38)28-15-19-30(40)20-16-28/h13-22,31-34,41-42H,5-12,23-26H2,1-4H3/b22-21-. The minimum absolute atomic E-state index is 0.0128. The van der Waals surface area contributed by atoms with Crippen molar-refractivity contribution in [1.82, 2.24) is 10.6 Å². The maximum absolute atomic E-state index is 12.6. The van der Waals surface area contributed by atoms with E-state index in [9.17, 15) is 9.59 Å². The lowest BCUT2D eigenvalue weighted by molar-refractivity contribution is -0.147. The largest absolute Gasteiger partial charge is 0.443 e. The van der Waals surface area contributed by atoms with Gasteiger partial charge in [0, 0.05) is 47.2 Å². The van der Waals surface area contributed by atoms with Gasteiger partial charge in [-0.25, -0.2) is 9.59 Å². The molecular formula is C38H52Cl2N2O6. The second-order valence-corrected chi connectivity index (χ2v) is 14.0. The highest BCUT2D eigenvalue weighted by Crippen LogP contribution is 2.50. The van der Waals surface area contributed by atoms with Crippen molar-refractivity contribution in [2.75, 3.05) is 28.3 Å². The zero-order valence-corrected chi connectivity index (χ0v) is 30.3. The minimum Gasteiger partial charge on any atom is -0.443 e. The van der Waals surface area contributed by atoms with Crippen LogP contribution in [0, 0.1) is 0 Å². The fraction of sp³-hybridized carbons (Fsp3) is 0.579. The number of benzene rings is 2. The number of hydrogen-bond donors (Lipinski definition) is 2. The highest BCUT2D eigenvalue weighted by molar-refractivity contribution is 6.30. The number of carbonyl (C=O) groups is 2. The van der Waals surface area contributed by atoms with Gasteiger partial charge in [0.15, 0.2) is 12.5 Å². The van der Waals surface area contributed by atoms with Crippen LogP contribution in [0.4, 0.5) is 0 Å². The number of halogens is 2. The molecule has 0 aliphatic heterocycles. The van der Waals surface area contributed by atoms with E-state index in [4.69, 9.17) is 42.1 Å². The molecule has 2 fully saturated rings. The first-order valence-corrected chi connectivity index (χ1v) is 18.0. The first kappa shape index (κ1) is 38.3. The zero-order valence-electron chi connectivity index (χ0n) is 28.8. The van der Waals surface area contributed by atoms with Crippen LogP contribution in [0.25, 0.3) is 0 Å². The number of methoxy groups -OCH3 is 2. The van der Waals surface area contributed by atoms with Crippen molar-refractivity contribution in [2.45, 2.75) is 113 Å². The molecule has 2 aliphatic rings. The topological polar surface area (TPSA) is 95.1 Å². The van der Waals surface area contributed by atoms with Gasteiger partial charge in [0.1, 0.15) is 0 Å². The predicted octanol–water partition coefficient (Wildman–Crippen LogP) is 7.64. The van der Waals surface area contributed by atoms with Crippen molar-refractivity contribution in [3.05, 3.63) is 81.9 Å². The molecule has 264 valence electrons. The van der Waals surface area contributed by atoms with Crippen LogP contribution in [0.1, 0.15) is 88.2 Å². The van der Waals surface area contributed by atoms with Crippen LogP contribution >= 0.6 is 23.2 Å². The molecule has 2 aromatic rings. The van der Waals surface area contributed by atoms with Crippen LogP contribution in [0.3, 0.4) is 0 Å². The van der Waals surface area contributed by atoms with Crippen molar-refractivity contribution in [2.24, 2.45) is 0 Å². The molecule has 2 aromatic carbocycles. The second kappa shape index (κ2) is 18.5. The number of hydrogen-bond acceptors (Lipinski definition) is 8. The summed E-state index contributed by atoms with van der Waals surface area (Å²) in [5.41, 5.74) is 2.49. The maximum Gasteiger partial charge on any atom is 0.332 e. The molecular weight excluding hydrogens is 651 g/mol. The van der Waals surface area contributed by atoms with E-state index in [0.29, 0.717) is 12.8 Å². The maximum atomic E-state index is 12.6. The van der Waals surface area contributed by atoms with E-state index in [1.807, 2.05) is 24.3 Å². The third-order valence-electron chi connectivity index (χ3n) is 10.5. The Morgan fingerprint density at radius 3 is 1.29 bits per heavy atom. The fourth-order valence-corrected chi connectivity index (χ4v) is 7.76. The molecule has 8 nitrogen and oxygen atoms in total. The van der Waals surface area contributed by atoms with Gasteiger partial charge < -0.3 is 18.9 Å². The molecule has 0 aromatic heterocycles. The molecule has 48 heavy (non-hydrogen) atoms. The van der Waals surface area contributed by atoms with Gasteiger partial charge in [-0.15, -0.1) is 0 Å². The minimum atomic E-state index is -0.608. The fourth-order valence-electron chi connectivity index (χ4n) is 7.51. The molecule has 4 unspecified atom stereocenters. The summed E-state index contributed by atoms with van der Waals surface area (Å²) >= 11 is 12.3. The number of rotatable bonds is 20. The van der Waals surface area contributed by atoms with Crippen LogP contribution in [0.15, 0.2) is 60.7 Å². The molecule has 4 rings (SSSR count). The molecule has 0 saturated heterocycles. The Morgan fingerprint density at radius 1 is 0.667 bits per heavy atom. The van der Waals surface area contributed by atoms with Crippen LogP contribution in [-0.4, -0.2) is 64.9 Å². The van der Waals surface area contributed by atoms with E-state index < -0.39 is 24.4 Å². The lowest BCUT2D eigenvalue weighted by atomic mass is 9.60. The molecule has 0 heterocycles. The molecule has 0 spiro atoms. The summed E-state index contributed by atoms with van der Waals surface area (Å²) in [6, 6.07) is 16.2. The predicted molar refractivity (Wildman–Crippen MR) is 190 cm³/mol. The zero-order chi connectivity index (χ0) is 34.6. The first-order chi connectivity index (χ1) is 23.2. The van der Waals surface area contributed by atoms with Gasteiger partial charge in [0.05, 0.1) is 12.2 Å². The number of esters is 2. The van der Waals surface area contributed by atoms with E-state index in [-0.39, 0.29) is 23.0 Å². The molecule has 0 amide bonds. The Balaban J connectivity index is 1.19. The van der Waals surface area contributed by atoms with Crippen molar-refractivity contribution in [3.63, 3.8) is 0 Å². The lowest BCUT2D eigenvalue weighted by Crippen LogP contribution is -2.46.